The van der Waals surface area contributed by atoms with E-state index < -0.39 is 0 Å². The highest BCUT2D eigenvalue weighted by Gasteiger charge is 2.10. The molecule has 2 heterocycles. The summed E-state index contributed by atoms with van der Waals surface area (Å²) in [5, 5.41) is 0.937. The van der Waals surface area contributed by atoms with Gasteiger partial charge in [-0.3, -0.25) is 0 Å². The number of aromatic nitrogens is 2. The van der Waals surface area contributed by atoms with Crippen molar-refractivity contribution >= 4 is 54.9 Å². The van der Waals surface area contributed by atoms with Crippen LogP contribution in [0.1, 0.15) is 5.56 Å². The van der Waals surface area contributed by atoms with Crippen LogP contribution in [0.15, 0.2) is 44.3 Å². The van der Waals surface area contributed by atoms with Crippen molar-refractivity contribution in [1.82, 2.24) is 9.97 Å². The summed E-state index contributed by atoms with van der Waals surface area (Å²) in [6.45, 7) is 2.05. The molecule has 1 aromatic carbocycles. The highest BCUT2D eigenvalue weighted by Crippen LogP contribution is 2.37. The Kier molecular flexibility index (Phi) is 3.47. The SMILES string of the molecule is Cc1ccnc(Sc2nc3ccc(N)cc3s2)c1Br. The summed E-state index contributed by atoms with van der Waals surface area (Å²) in [6, 6.07) is 7.75. The van der Waals surface area contributed by atoms with Gasteiger partial charge in [0.25, 0.3) is 0 Å². The predicted molar refractivity (Wildman–Crippen MR) is 84.8 cm³/mol. The van der Waals surface area contributed by atoms with E-state index in [0.717, 1.165) is 29.7 Å². The van der Waals surface area contributed by atoms with Gasteiger partial charge in [-0.1, -0.05) is 0 Å². The molecule has 3 aromatic rings. The molecule has 96 valence electrons. The zero-order valence-corrected chi connectivity index (χ0v) is 13.3. The van der Waals surface area contributed by atoms with Gasteiger partial charge in [0.05, 0.1) is 14.7 Å². The summed E-state index contributed by atoms with van der Waals surface area (Å²) in [6.07, 6.45) is 1.81. The van der Waals surface area contributed by atoms with Gasteiger partial charge in [0.1, 0.15) is 5.03 Å². The summed E-state index contributed by atoms with van der Waals surface area (Å²) in [7, 11) is 0. The Hall–Kier alpha value is -1.11. The van der Waals surface area contributed by atoms with Crippen molar-refractivity contribution in [2.45, 2.75) is 16.3 Å². The molecule has 0 unspecified atom stereocenters. The number of nitrogen functional groups attached to an aromatic ring is 1. The average Bonchev–Trinajstić information content (AvgIpc) is 2.76. The summed E-state index contributed by atoms with van der Waals surface area (Å²) in [5.74, 6) is 0. The maximum absolute atomic E-state index is 5.78. The monoisotopic (exact) mass is 351 g/mol. The Morgan fingerprint density at radius 3 is 3.00 bits per heavy atom. The molecule has 3 nitrogen and oxygen atoms in total. The Bertz CT molecular complexity index is 755. The molecule has 3 rings (SSSR count). The molecule has 0 fully saturated rings. The quantitative estimate of drug-likeness (QED) is 0.690. The first-order valence-corrected chi connectivity index (χ1v) is 8.01. The fourth-order valence-corrected chi connectivity index (χ4v) is 4.20. The number of rotatable bonds is 2. The van der Waals surface area contributed by atoms with Crippen molar-refractivity contribution in [2.75, 3.05) is 5.73 Å². The highest BCUT2D eigenvalue weighted by atomic mass is 79.9. The second-order valence-corrected chi connectivity index (χ2v) is 7.12. The van der Waals surface area contributed by atoms with Gasteiger partial charge in [0, 0.05) is 11.9 Å². The summed E-state index contributed by atoms with van der Waals surface area (Å²) >= 11 is 6.77. The van der Waals surface area contributed by atoms with E-state index in [0.29, 0.717) is 0 Å². The van der Waals surface area contributed by atoms with Crippen LogP contribution in [0.25, 0.3) is 10.2 Å². The minimum atomic E-state index is 0.766. The molecule has 0 amide bonds. The number of thiazole rings is 1. The lowest BCUT2D eigenvalue weighted by Crippen LogP contribution is -1.84. The van der Waals surface area contributed by atoms with Gasteiger partial charge in [0.15, 0.2) is 4.34 Å². The largest absolute Gasteiger partial charge is 0.399 e. The lowest BCUT2D eigenvalue weighted by molar-refractivity contribution is 1.08. The number of anilines is 1. The van der Waals surface area contributed by atoms with Crippen LogP contribution in [-0.2, 0) is 0 Å². The molecule has 0 aliphatic heterocycles. The summed E-state index contributed by atoms with van der Waals surface area (Å²) in [4.78, 5) is 8.97. The fraction of sp³-hybridized carbons (Fsp3) is 0.0769. The number of benzene rings is 1. The molecule has 0 aliphatic carbocycles. The number of hydrogen-bond donors (Lipinski definition) is 1. The van der Waals surface area contributed by atoms with E-state index in [-0.39, 0.29) is 0 Å². The van der Waals surface area contributed by atoms with Gasteiger partial charge in [-0.25, -0.2) is 9.97 Å². The van der Waals surface area contributed by atoms with Crippen molar-refractivity contribution < 1.29 is 0 Å². The zero-order chi connectivity index (χ0) is 13.4. The van der Waals surface area contributed by atoms with Crippen LogP contribution in [0, 0.1) is 6.92 Å². The lowest BCUT2D eigenvalue weighted by Gasteiger charge is -2.02. The minimum Gasteiger partial charge on any atom is -0.399 e. The molecule has 6 heteroatoms. The van der Waals surface area contributed by atoms with E-state index in [2.05, 4.69) is 32.8 Å². The van der Waals surface area contributed by atoms with Crippen LogP contribution in [0.4, 0.5) is 5.69 Å². The number of fused-ring (bicyclic) bond motifs is 1. The average molecular weight is 352 g/mol. The number of nitrogens with zero attached hydrogens (tertiary/aromatic N) is 2. The predicted octanol–water partition coefficient (Wildman–Crippen LogP) is 4.50. The van der Waals surface area contributed by atoms with E-state index in [9.17, 15) is 0 Å². The molecular formula is C13H10BrN3S2. The first-order valence-electron chi connectivity index (χ1n) is 5.58. The van der Waals surface area contributed by atoms with Crippen LogP contribution < -0.4 is 5.73 Å². The van der Waals surface area contributed by atoms with Gasteiger partial charge in [-0.2, -0.15) is 0 Å². The van der Waals surface area contributed by atoms with E-state index in [1.165, 1.54) is 5.56 Å². The zero-order valence-electron chi connectivity index (χ0n) is 10.1. The lowest BCUT2D eigenvalue weighted by atomic mass is 10.3. The molecule has 0 saturated carbocycles. The molecule has 0 aliphatic rings. The molecule has 0 atom stereocenters. The van der Waals surface area contributed by atoms with Crippen molar-refractivity contribution in [1.29, 1.82) is 0 Å². The second kappa shape index (κ2) is 5.11. The van der Waals surface area contributed by atoms with Crippen molar-refractivity contribution in [3.63, 3.8) is 0 Å². The van der Waals surface area contributed by atoms with E-state index in [1.54, 1.807) is 23.1 Å². The van der Waals surface area contributed by atoms with Crippen LogP contribution in [0.5, 0.6) is 0 Å². The standard InChI is InChI=1S/C13H10BrN3S2/c1-7-4-5-16-12(11(7)14)19-13-17-9-3-2-8(15)6-10(9)18-13/h2-6H,15H2,1H3. The third kappa shape index (κ3) is 2.61. The van der Waals surface area contributed by atoms with Gasteiger partial charge in [0.2, 0.25) is 0 Å². The molecule has 0 spiro atoms. The smallest absolute Gasteiger partial charge is 0.157 e. The minimum absolute atomic E-state index is 0.766. The van der Waals surface area contributed by atoms with Crippen molar-refractivity contribution in [3.05, 3.63) is 40.5 Å². The first kappa shape index (κ1) is 12.9. The van der Waals surface area contributed by atoms with Crippen LogP contribution in [-0.4, -0.2) is 9.97 Å². The third-order valence-electron chi connectivity index (χ3n) is 2.63. The Labute approximate surface area is 127 Å². The molecule has 2 N–H and O–H groups in total. The fourth-order valence-electron chi connectivity index (χ4n) is 1.63. The van der Waals surface area contributed by atoms with Gasteiger partial charge in [-0.05, 0) is 64.4 Å². The Balaban J connectivity index is 1.99. The third-order valence-corrected chi connectivity index (χ3v) is 5.97. The number of hydrogen-bond acceptors (Lipinski definition) is 5. The highest BCUT2D eigenvalue weighted by molar-refractivity contribution is 9.10. The van der Waals surface area contributed by atoms with Crippen LogP contribution in [0.2, 0.25) is 0 Å². The molecule has 19 heavy (non-hydrogen) atoms. The molecule has 0 radical (unpaired) electrons. The first-order chi connectivity index (χ1) is 9.13. The molecular weight excluding hydrogens is 342 g/mol. The number of halogens is 1. The van der Waals surface area contributed by atoms with Crippen molar-refractivity contribution in [2.24, 2.45) is 0 Å². The number of nitrogens with two attached hydrogens (primary N) is 1. The van der Waals surface area contributed by atoms with Crippen molar-refractivity contribution in [3.8, 4) is 0 Å². The van der Waals surface area contributed by atoms with Crippen LogP contribution >= 0.6 is 39.0 Å². The van der Waals surface area contributed by atoms with Gasteiger partial charge < -0.3 is 5.73 Å². The topological polar surface area (TPSA) is 51.8 Å². The molecule has 0 bridgehead atoms. The summed E-state index contributed by atoms with van der Waals surface area (Å²) in [5.41, 5.74) is 8.69. The maximum atomic E-state index is 5.78. The van der Waals surface area contributed by atoms with E-state index in [4.69, 9.17) is 5.73 Å². The Morgan fingerprint density at radius 1 is 1.32 bits per heavy atom. The van der Waals surface area contributed by atoms with Gasteiger partial charge in [-0.15, -0.1) is 11.3 Å². The molecule has 0 saturated heterocycles. The van der Waals surface area contributed by atoms with E-state index >= 15 is 0 Å². The summed E-state index contributed by atoms with van der Waals surface area (Å²) < 4.78 is 3.10. The number of aryl methyl sites for hydroxylation is 1. The Morgan fingerprint density at radius 2 is 2.16 bits per heavy atom. The van der Waals surface area contributed by atoms with Gasteiger partial charge >= 0.3 is 0 Å². The maximum Gasteiger partial charge on any atom is 0.157 e. The second-order valence-electron chi connectivity index (χ2n) is 4.06. The normalized spacial score (nSPS) is 11.1. The molecule has 2 aromatic heterocycles. The number of pyridine rings is 1. The van der Waals surface area contributed by atoms with E-state index in [1.807, 2.05) is 30.5 Å². The van der Waals surface area contributed by atoms with Crippen LogP contribution in [0.3, 0.4) is 0 Å².